The smallest absolute Gasteiger partial charge is 0.118 e. The third-order valence-corrected chi connectivity index (χ3v) is 28.6. The first-order chi connectivity index (χ1) is 63.5. The third-order valence-electron chi connectivity index (χ3n) is 28.6. The summed E-state index contributed by atoms with van der Waals surface area (Å²) in [5, 5.41) is 126. The topological polar surface area (TPSA) is 243 Å². The minimum Gasteiger partial charge on any atom is -0.508 e. The van der Waals surface area contributed by atoms with Crippen molar-refractivity contribution in [3.63, 3.8) is 0 Å². The minimum absolute atomic E-state index is 0.114. The van der Waals surface area contributed by atoms with E-state index in [1.807, 2.05) is 239 Å². The summed E-state index contributed by atoms with van der Waals surface area (Å²) in [5.74, 6) is 2.64. The van der Waals surface area contributed by atoms with Crippen LogP contribution in [0.4, 0.5) is 0 Å². The number of phenolic OH excluding ortho intramolecular Hbond substituents is 12. The van der Waals surface area contributed by atoms with Crippen LogP contribution < -0.4 is 0 Å². The number of aryl methyl sites for hydroxylation is 27. The van der Waals surface area contributed by atoms with Crippen molar-refractivity contribution in [3.8, 4) is 69.0 Å². The molecule has 0 unspecified atom stereocenters. The van der Waals surface area contributed by atoms with Gasteiger partial charge in [-0.1, -0.05) is 127 Å². The average molecular weight is 1800 g/mol. The number of hydrogen-bond donors (Lipinski definition) is 12. The van der Waals surface area contributed by atoms with Crippen LogP contribution in [0.3, 0.4) is 0 Å². The van der Waals surface area contributed by atoms with Crippen molar-refractivity contribution in [2.45, 2.75) is 222 Å². The van der Waals surface area contributed by atoms with E-state index in [2.05, 4.69) is 148 Å². The zero-order chi connectivity index (χ0) is 98.7. The Bertz CT molecular complexity index is 6550. The normalized spacial score (nSPS) is 11.5. The van der Waals surface area contributed by atoms with Gasteiger partial charge in [0.05, 0.1) is 0 Å². The van der Waals surface area contributed by atoms with Crippen LogP contribution in [0.2, 0.25) is 0 Å². The Morgan fingerprint density at radius 1 is 0.104 bits per heavy atom. The highest BCUT2D eigenvalue weighted by atomic mass is 16.3. The molecule has 12 heteroatoms. The van der Waals surface area contributed by atoms with Gasteiger partial charge in [0.15, 0.2) is 0 Å². The molecule has 0 heterocycles. The summed E-state index contributed by atoms with van der Waals surface area (Å²) in [5.41, 5.74) is 45.3. The van der Waals surface area contributed by atoms with Gasteiger partial charge in [0, 0.05) is 35.5 Å². The van der Waals surface area contributed by atoms with Gasteiger partial charge in [-0.2, -0.15) is 0 Å². The molecule has 12 N–H and O–H groups in total. The first-order valence-electron chi connectivity index (χ1n) is 46.4. The molecule has 135 heavy (non-hydrogen) atoms. The fraction of sp³-hybridized carbons (Fsp3) is 0.268. The molecular weight excluding hydrogens is 1670 g/mol. The molecule has 0 fully saturated rings. The summed E-state index contributed by atoms with van der Waals surface area (Å²) in [6.45, 7) is 54.0. The quantitative estimate of drug-likeness (QED) is 0.0359. The molecule has 0 aliphatic heterocycles. The summed E-state index contributed by atoms with van der Waals surface area (Å²) in [4.78, 5) is 0. The highest BCUT2D eigenvalue weighted by molar-refractivity contribution is 5.66. The maximum absolute atomic E-state index is 10.5. The Labute approximate surface area is 798 Å². The monoisotopic (exact) mass is 1800 g/mol. The molecule has 0 aliphatic carbocycles. The van der Waals surface area contributed by atoms with E-state index >= 15 is 0 Å². The molecule has 0 saturated carbocycles. The molecule has 0 saturated heterocycles. The van der Waals surface area contributed by atoms with E-state index in [1.165, 1.54) is 11.1 Å². The highest BCUT2D eigenvalue weighted by Crippen LogP contribution is 2.51. The Balaban J connectivity index is 0.000000172. The molecule has 12 nitrogen and oxygen atoms in total. The van der Waals surface area contributed by atoms with Crippen LogP contribution in [-0.4, -0.2) is 61.3 Å². The fourth-order valence-corrected chi connectivity index (χ4v) is 20.3. The number of rotatable bonds is 18. The summed E-state index contributed by atoms with van der Waals surface area (Å²) in [6.07, 6.45) is 0. The largest absolute Gasteiger partial charge is 0.508 e. The van der Waals surface area contributed by atoms with Gasteiger partial charge in [-0.25, -0.2) is 0 Å². The van der Waals surface area contributed by atoms with Crippen LogP contribution in [0.15, 0.2) is 200 Å². The predicted octanol–water partition coefficient (Wildman–Crippen LogP) is 28.9. The highest BCUT2D eigenvalue weighted by Gasteiger charge is 2.34. The lowest BCUT2D eigenvalue weighted by Crippen LogP contribution is -2.13. The molecule has 0 radical (unpaired) electrons. The van der Waals surface area contributed by atoms with Crippen molar-refractivity contribution >= 4 is 0 Å². The van der Waals surface area contributed by atoms with E-state index in [9.17, 15) is 61.3 Å². The number of hydrogen-bond acceptors (Lipinski definition) is 12. The zero-order valence-corrected chi connectivity index (χ0v) is 83.4. The van der Waals surface area contributed by atoms with Gasteiger partial charge in [-0.05, 0) is 510 Å². The maximum atomic E-state index is 10.5. The second-order valence-corrected chi connectivity index (χ2v) is 38.9. The van der Waals surface area contributed by atoms with Crippen molar-refractivity contribution in [3.05, 3.63) is 451 Å². The van der Waals surface area contributed by atoms with Gasteiger partial charge >= 0.3 is 0 Å². The van der Waals surface area contributed by atoms with E-state index in [-0.39, 0.29) is 105 Å². The van der Waals surface area contributed by atoms with Crippen LogP contribution >= 0.6 is 0 Å². The Kier molecular flexibility index (Phi) is 28.6. The van der Waals surface area contributed by atoms with Gasteiger partial charge in [0.1, 0.15) is 69.0 Å². The second kappa shape index (κ2) is 39.2. The molecule has 0 atom stereocenters. The number of aromatic hydroxyl groups is 12. The molecule has 15 aromatic rings. The van der Waals surface area contributed by atoms with E-state index < -0.39 is 0 Å². The molecule has 0 bridgehead atoms. The van der Waals surface area contributed by atoms with Crippen molar-refractivity contribution in [2.75, 3.05) is 0 Å². The zero-order valence-electron chi connectivity index (χ0n) is 83.4. The lowest BCUT2D eigenvalue weighted by molar-refractivity contribution is 0.469. The van der Waals surface area contributed by atoms with E-state index in [1.54, 1.807) is 0 Å². The second-order valence-electron chi connectivity index (χ2n) is 38.9. The number of benzene rings is 15. The Morgan fingerprint density at radius 3 is 0.356 bits per heavy atom. The van der Waals surface area contributed by atoms with Crippen molar-refractivity contribution in [1.29, 1.82) is 0 Å². The predicted molar refractivity (Wildman–Crippen MR) is 550 cm³/mol. The van der Waals surface area contributed by atoms with Crippen molar-refractivity contribution in [2.24, 2.45) is 0 Å². The molecule has 0 aromatic heterocycles. The van der Waals surface area contributed by atoms with Crippen molar-refractivity contribution in [1.82, 2.24) is 0 Å². The van der Waals surface area contributed by atoms with E-state index in [4.69, 9.17) is 0 Å². The van der Waals surface area contributed by atoms with Gasteiger partial charge in [-0.3, -0.25) is 0 Å². The standard InChI is InChI=1S/C42H46O4.C41H44O4.C40H42O4/c1-21-11-32(42(35-15-29(9)39(45)19-25(35)5)36-16-30(10)40(46)20-26(36)6)22(2)12-31(21)41(33-13-27(7)37(43)17-23(33)3)34-14-28(8)38(44)18-24(34)4;1-21-12-30(40(32-13-26(6)36(42)17-22(32)2)33-14-27(7)37(43)18-23(33)3)10-11-31(21)41(34-15-28(8)38(44)19-24(34)4)35-16-29(9)39(45)20-25(35)5;1-21-17-35(41)25(5)13-31(21)39(32-14-26(6)36(42)18-22(32)2)29-9-11-30(12-10-29)40(33-15-27(7)37(43)19-23(33)3)34-16-28(8)38(44)20-24(34)4/h11-20,41-46H,1-10H3;10-20,40-45H,1-9H3;9-20,39-44H,1-8H3. The summed E-state index contributed by atoms with van der Waals surface area (Å²) in [7, 11) is 0. The van der Waals surface area contributed by atoms with Gasteiger partial charge in [0.2, 0.25) is 0 Å². The third kappa shape index (κ3) is 20.0. The van der Waals surface area contributed by atoms with E-state index in [0.717, 1.165) is 239 Å². The summed E-state index contributed by atoms with van der Waals surface area (Å²) in [6, 6.07) is 67.0. The molecule has 15 aromatic carbocycles. The van der Waals surface area contributed by atoms with Crippen LogP contribution in [0.25, 0.3) is 0 Å². The fourth-order valence-electron chi connectivity index (χ4n) is 20.3. The average Bonchev–Trinajstić information content (AvgIpc) is 0.754. The van der Waals surface area contributed by atoms with Gasteiger partial charge in [-0.15, -0.1) is 0 Å². The molecule has 696 valence electrons. The SMILES string of the molecule is Cc1cc(C(c2cc(C)c(O)cc2C)c2cc(C)c(C(c3cc(C)c(O)cc3C)c3cc(C)c(O)cc3C)cc2C)c(C)cc1O.Cc1cc(C(c2ccc(C(c3cc(C)c(O)cc3C)c3cc(C)c(O)cc3C)c(C)c2)c2cc(C)c(O)cc2C)c(C)cc1O.Cc1cc(C(c2ccc(C(c3cc(C)c(O)cc3C)c3cc(C)c(O)cc3C)cc2)c2cc(C)c(O)cc2C)c(C)cc1O. The first-order valence-corrected chi connectivity index (χ1v) is 46.4. The lowest BCUT2D eigenvalue weighted by Gasteiger charge is -2.29. The molecule has 0 spiro atoms. The Hall–Kier alpha value is -14.1. The minimum atomic E-state index is -0.125. The lowest BCUT2D eigenvalue weighted by atomic mass is 9.74. The van der Waals surface area contributed by atoms with E-state index in [0.29, 0.717) is 0 Å². The van der Waals surface area contributed by atoms with Gasteiger partial charge < -0.3 is 61.3 Å². The maximum Gasteiger partial charge on any atom is 0.118 e. The van der Waals surface area contributed by atoms with Gasteiger partial charge in [0.25, 0.3) is 0 Å². The molecule has 0 amide bonds. The van der Waals surface area contributed by atoms with Crippen LogP contribution in [-0.2, 0) is 0 Å². The first kappa shape index (κ1) is 98.4. The number of phenols is 12. The van der Waals surface area contributed by atoms with Crippen LogP contribution in [0.1, 0.15) is 286 Å². The molecule has 15 rings (SSSR count). The van der Waals surface area contributed by atoms with Crippen molar-refractivity contribution < 1.29 is 61.3 Å². The van der Waals surface area contributed by atoms with Crippen LogP contribution in [0, 0.1) is 187 Å². The molecule has 0 aliphatic rings. The summed E-state index contributed by atoms with van der Waals surface area (Å²) < 4.78 is 0. The van der Waals surface area contributed by atoms with Crippen LogP contribution in [0.5, 0.6) is 69.0 Å². The molecular formula is C123H132O12. The Morgan fingerprint density at radius 2 is 0.207 bits per heavy atom. The summed E-state index contributed by atoms with van der Waals surface area (Å²) >= 11 is 0.